The third-order valence-electron chi connectivity index (χ3n) is 4.88. The fourth-order valence-electron chi connectivity index (χ4n) is 3.21. The molecule has 2 N–H and O–H groups in total. The van der Waals surface area contributed by atoms with Crippen LogP contribution in [0.15, 0.2) is 42.5 Å². The van der Waals surface area contributed by atoms with Gasteiger partial charge in [-0.05, 0) is 63.8 Å². The first-order chi connectivity index (χ1) is 11.9. The number of aromatic hydroxyl groups is 1. The van der Waals surface area contributed by atoms with Crippen molar-refractivity contribution in [1.82, 2.24) is 4.90 Å². The number of rotatable bonds is 8. The van der Waals surface area contributed by atoms with E-state index in [0.29, 0.717) is 17.6 Å². The van der Waals surface area contributed by atoms with Crippen molar-refractivity contribution in [3.05, 3.63) is 64.7 Å². The molecule has 136 valence electrons. The largest absolute Gasteiger partial charge is 0.508 e. The van der Waals surface area contributed by atoms with Gasteiger partial charge in [-0.2, -0.15) is 0 Å². The van der Waals surface area contributed by atoms with E-state index in [9.17, 15) is 10.2 Å². The Balaban J connectivity index is 2.00. The van der Waals surface area contributed by atoms with Crippen molar-refractivity contribution in [3.63, 3.8) is 0 Å². The minimum atomic E-state index is -0.124. The fourth-order valence-corrected chi connectivity index (χ4v) is 3.21. The molecule has 2 rings (SSSR count). The maximum atomic E-state index is 9.69. The SMILES string of the molecule is Cc1ccc(CN(C(C)C)C(C)CCc2ccc(O)c(CO)c2)cc1. The van der Waals surface area contributed by atoms with Gasteiger partial charge in [0.25, 0.3) is 0 Å². The van der Waals surface area contributed by atoms with Crippen molar-refractivity contribution >= 4 is 0 Å². The van der Waals surface area contributed by atoms with Crippen LogP contribution in [0.3, 0.4) is 0 Å². The number of aliphatic hydroxyl groups excluding tert-OH is 1. The van der Waals surface area contributed by atoms with Gasteiger partial charge in [0, 0.05) is 24.2 Å². The number of nitrogens with zero attached hydrogens (tertiary/aromatic N) is 1. The van der Waals surface area contributed by atoms with E-state index in [-0.39, 0.29) is 12.4 Å². The lowest BCUT2D eigenvalue weighted by Crippen LogP contribution is -2.38. The number of benzene rings is 2. The minimum absolute atomic E-state index is 0.124. The van der Waals surface area contributed by atoms with Crippen molar-refractivity contribution in [3.8, 4) is 5.75 Å². The molecule has 0 aliphatic rings. The van der Waals surface area contributed by atoms with Gasteiger partial charge >= 0.3 is 0 Å². The maximum Gasteiger partial charge on any atom is 0.121 e. The van der Waals surface area contributed by atoms with Gasteiger partial charge in [-0.1, -0.05) is 35.9 Å². The Hall–Kier alpha value is -1.84. The van der Waals surface area contributed by atoms with Crippen molar-refractivity contribution in [2.24, 2.45) is 0 Å². The average Bonchev–Trinajstić information content (AvgIpc) is 2.60. The number of hydrogen-bond donors (Lipinski definition) is 2. The van der Waals surface area contributed by atoms with E-state index in [0.717, 1.165) is 24.9 Å². The Labute approximate surface area is 151 Å². The van der Waals surface area contributed by atoms with Crippen LogP contribution in [0.25, 0.3) is 0 Å². The van der Waals surface area contributed by atoms with Crippen LogP contribution in [-0.4, -0.2) is 27.2 Å². The summed E-state index contributed by atoms with van der Waals surface area (Å²) >= 11 is 0. The Morgan fingerprint density at radius 1 is 0.960 bits per heavy atom. The second kappa shape index (κ2) is 9.02. The topological polar surface area (TPSA) is 43.7 Å². The van der Waals surface area contributed by atoms with Crippen LogP contribution in [0.2, 0.25) is 0 Å². The smallest absolute Gasteiger partial charge is 0.121 e. The summed E-state index contributed by atoms with van der Waals surface area (Å²) in [4.78, 5) is 2.53. The van der Waals surface area contributed by atoms with E-state index in [1.165, 1.54) is 11.1 Å². The molecule has 0 saturated carbocycles. The third kappa shape index (κ3) is 5.58. The standard InChI is InChI=1S/C22H31NO2/c1-16(2)23(14-20-8-5-17(3)6-9-20)18(4)7-10-19-11-12-22(25)21(13-19)15-24/h5-6,8-9,11-13,16,18,24-25H,7,10,14-15H2,1-4H3. The molecule has 0 radical (unpaired) electrons. The van der Waals surface area contributed by atoms with Crippen LogP contribution < -0.4 is 0 Å². The zero-order valence-corrected chi connectivity index (χ0v) is 15.9. The zero-order valence-electron chi connectivity index (χ0n) is 15.9. The number of hydrogen-bond acceptors (Lipinski definition) is 3. The van der Waals surface area contributed by atoms with Crippen LogP contribution in [0, 0.1) is 6.92 Å². The Morgan fingerprint density at radius 2 is 1.60 bits per heavy atom. The van der Waals surface area contributed by atoms with E-state index in [1.807, 2.05) is 12.1 Å². The van der Waals surface area contributed by atoms with Gasteiger partial charge in [0.1, 0.15) is 5.75 Å². The quantitative estimate of drug-likeness (QED) is 0.747. The lowest BCUT2D eigenvalue weighted by molar-refractivity contribution is 0.147. The van der Waals surface area contributed by atoms with E-state index in [1.54, 1.807) is 6.07 Å². The normalized spacial score (nSPS) is 12.8. The zero-order chi connectivity index (χ0) is 18.4. The average molecular weight is 341 g/mol. The number of aliphatic hydroxyl groups is 1. The summed E-state index contributed by atoms with van der Waals surface area (Å²) in [6.45, 7) is 9.72. The third-order valence-corrected chi connectivity index (χ3v) is 4.88. The highest BCUT2D eigenvalue weighted by atomic mass is 16.3. The molecule has 2 aromatic carbocycles. The molecular formula is C22H31NO2. The molecule has 1 unspecified atom stereocenters. The van der Waals surface area contributed by atoms with Crippen molar-refractivity contribution in [2.75, 3.05) is 0 Å². The van der Waals surface area contributed by atoms with Crippen molar-refractivity contribution in [2.45, 2.75) is 65.8 Å². The monoisotopic (exact) mass is 341 g/mol. The van der Waals surface area contributed by atoms with Gasteiger partial charge in [-0.25, -0.2) is 0 Å². The Morgan fingerprint density at radius 3 is 2.20 bits per heavy atom. The highest BCUT2D eigenvalue weighted by Crippen LogP contribution is 2.21. The molecule has 3 heteroatoms. The molecule has 0 amide bonds. The first-order valence-corrected chi connectivity index (χ1v) is 9.13. The number of aryl methyl sites for hydroxylation is 2. The second-order valence-electron chi connectivity index (χ2n) is 7.26. The highest BCUT2D eigenvalue weighted by molar-refractivity contribution is 5.35. The number of phenols is 1. The summed E-state index contributed by atoms with van der Waals surface area (Å²) in [5, 5.41) is 19.0. The lowest BCUT2D eigenvalue weighted by atomic mass is 10.0. The predicted octanol–water partition coefficient (Wildman–Crippen LogP) is 4.42. The van der Waals surface area contributed by atoms with Crippen LogP contribution in [0.4, 0.5) is 0 Å². The molecular weight excluding hydrogens is 310 g/mol. The maximum absolute atomic E-state index is 9.69. The summed E-state index contributed by atoms with van der Waals surface area (Å²) in [5.41, 5.74) is 4.40. The Bertz CT molecular complexity index is 664. The summed E-state index contributed by atoms with van der Waals surface area (Å²) in [6.07, 6.45) is 1.98. The summed E-state index contributed by atoms with van der Waals surface area (Å²) in [5.74, 6) is 0.169. The van der Waals surface area contributed by atoms with Gasteiger partial charge in [-0.15, -0.1) is 0 Å². The molecule has 3 nitrogen and oxygen atoms in total. The molecule has 2 aromatic rings. The van der Waals surface area contributed by atoms with Gasteiger partial charge in [0.15, 0.2) is 0 Å². The summed E-state index contributed by atoms with van der Waals surface area (Å²) in [7, 11) is 0. The highest BCUT2D eigenvalue weighted by Gasteiger charge is 2.17. The Kier molecular flexibility index (Phi) is 7.03. The molecule has 0 bridgehead atoms. The first-order valence-electron chi connectivity index (χ1n) is 9.13. The van der Waals surface area contributed by atoms with Crippen LogP contribution in [0.1, 0.15) is 49.4 Å². The summed E-state index contributed by atoms with van der Waals surface area (Å²) in [6, 6.07) is 15.2. The molecule has 0 aliphatic heterocycles. The molecule has 1 atom stereocenters. The van der Waals surface area contributed by atoms with Gasteiger partial charge in [0.2, 0.25) is 0 Å². The van der Waals surface area contributed by atoms with E-state index in [4.69, 9.17) is 0 Å². The van der Waals surface area contributed by atoms with Gasteiger partial charge in [-0.3, -0.25) is 4.90 Å². The molecule has 0 aromatic heterocycles. The fraction of sp³-hybridized carbons (Fsp3) is 0.455. The lowest BCUT2D eigenvalue weighted by Gasteiger charge is -2.33. The second-order valence-corrected chi connectivity index (χ2v) is 7.26. The predicted molar refractivity (Wildman–Crippen MR) is 104 cm³/mol. The molecule has 0 fully saturated rings. The van der Waals surface area contributed by atoms with Gasteiger partial charge < -0.3 is 10.2 Å². The molecule has 0 aliphatic carbocycles. The van der Waals surface area contributed by atoms with Crippen LogP contribution in [-0.2, 0) is 19.6 Å². The first kappa shape index (κ1) is 19.5. The van der Waals surface area contributed by atoms with Crippen LogP contribution in [0.5, 0.6) is 5.75 Å². The molecule has 25 heavy (non-hydrogen) atoms. The minimum Gasteiger partial charge on any atom is -0.508 e. The van der Waals surface area contributed by atoms with E-state index < -0.39 is 0 Å². The van der Waals surface area contributed by atoms with Crippen molar-refractivity contribution in [1.29, 1.82) is 0 Å². The van der Waals surface area contributed by atoms with Gasteiger partial charge in [0.05, 0.1) is 6.61 Å². The molecule has 0 spiro atoms. The van der Waals surface area contributed by atoms with Crippen molar-refractivity contribution < 1.29 is 10.2 Å². The van der Waals surface area contributed by atoms with E-state index in [2.05, 4.69) is 56.9 Å². The van der Waals surface area contributed by atoms with E-state index >= 15 is 0 Å². The molecule has 0 heterocycles. The summed E-state index contributed by atoms with van der Waals surface area (Å²) < 4.78 is 0. The molecule has 0 saturated heterocycles. The van der Waals surface area contributed by atoms with Crippen LogP contribution >= 0.6 is 0 Å².